The zero-order valence-electron chi connectivity index (χ0n) is 15.2. The second-order valence-corrected chi connectivity index (χ2v) is 7.26. The van der Waals surface area contributed by atoms with Gasteiger partial charge in [0.15, 0.2) is 0 Å². The highest BCUT2D eigenvalue weighted by atomic mass is 16.5. The van der Waals surface area contributed by atoms with Gasteiger partial charge in [-0.05, 0) is 37.0 Å². The minimum Gasteiger partial charge on any atom is -0.496 e. The van der Waals surface area contributed by atoms with E-state index in [2.05, 4.69) is 17.0 Å². The highest BCUT2D eigenvalue weighted by molar-refractivity contribution is 5.78. The van der Waals surface area contributed by atoms with Crippen LogP contribution in [-0.4, -0.2) is 36.6 Å². The van der Waals surface area contributed by atoms with Gasteiger partial charge in [-0.25, -0.2) is 0 Å². The van der Waals surface area contributed by atoms with Crippen molar-refractivity contribution in [2.45, 2.75) is 37.6 Å². The van der Waals surface area contributed by atoms with Crippen LogP contribution in [0.5, 0.6) is 11.5 Å². The van der Waals surface area contributed by atoms with E-state index in [0.717, 1.165) is 49.3 Å². The van der Waals surface area contributed by atoms with Crippen molar-refractivity contribution < 1.29 is 14.3 Å². The molecule has 2 heterocycles. The first-order valence-electron chi connectivity index (χ1n) is 9.35. The number of nitrogens with zero attached hydrogens (tertiary/aromatic N) is 1. The molecule has 2 aliphatic rings. The summed E-state index contributed by atoms with van der Waals surface area (Å²) in [5.41, 5.74) is 2.07. The number of carbonyl (C=O) groups is 1. The van der Waals surface area contributed by atoms with Crippen LogP contribution >= 0.6 is 0 Å². The molecule has 136 valence electrons. The fourth-order valence-electron chi connectivity index (χ4n) is 4.33. The Hall–Kier alpha value is -2.49. The Morgan fingerprint density at radius 1 is 1.19 bits per heavy atom. The summed E-state index contributed by atoms with van der Waals surface area (Å²) in [7, 11) is 1.69. The van der Waals surface area contributed by atoms with E-state index in [4.69, 9.17) is 9.47 Å². The predicted octanol–water partition coefficient (Wildman–Crippen LogP) is 3.62. The standard InChI is InChI=1S/C22H25NO3/c1-25-19-9-5-10-20-18(19)15-22(16-26-20)13-6-14-23(22)21(24)12-11-17-7-3-2-4-8-17/h2-5,7-10H,6,11-16H2,1H3. The SMILES string of the molecule is COc1cccc2c1CC1(CCCN1C(=O)CCc1ccccc1)CO2. The van der Waals surface area contributed by atoms with E-state index >= 15 is 0 Å². The molecule has 2 aromatic carbocycles. The van der Waals surface area contributed by atoms with E-state index in [0.29, 0.717) is 13.0 Å². The Kier molecular flexibility index (Phi) is 4.58. The molecule has 26 heavy (non-hydrogen) atoms. The first kappa shape index (κ1) is 17.0. The minimum atomic E-state index is -0.227. The largest absolute Gasteiger partial charge is 0.496 e. The van der Waals surface area contributed by atoms with E-state index in [-0.39, 0.29) is 11.4 Å². The van der Waals surface area contributed by atoms with Gasteiger partial charge in [0.2, 0.25) is 5.91 Å². The van der Waals surface area contributed by atoms with Gasteiger partial charge < -0.3 is 14.4 Å². The quantitative estimate of drug-likeness (QED) is 0.844. The van der Waals surface area contributed by atoms with Crippen LogP contribution in [0.3, 0.4) is 0 Å². The molecule has 0 bridgehead atoms. The molecule has 0 radical (unpaired) electrons. The molecule has 1 unspecified atom stereocenters. The van der Waals surface area contributed by atoms with Crippen LogP contribution in [0.1, 0.15) is 30.4 Å². The highest BCUT2D eigenvalue weighted by Gasteiger charge is 2.47. The number of carbonyl (C=O) groups excluding carboxylic acids is 1. The smallest absolute Gasteiger partial charge is 0.223 e. The molecule has 4 heteroatoms. The monoisotopic (exact) mass is 351 g/mol. The van der Waals surface area contributed by atoms with Gasteiger partial charge in [0.05, 0.1) is 12.6 Å². The van der Waals surface area contributed by atoms with Crippen LogP contribution in [-0.2, 0) is 17.6 Å². The first-order valence-corrected chi connectivity index (χ1v) is 9.35. The number of hydrogen-bond acceptors (Lipinski definition) is 3. The lowest BCUT2D eigenvalue weighted by molar-refractivity contribution is -0.137. The molecule has 1 fully saturated rings. The number of benzene rings is 2. The second kappa shape index (κ2) is 7.02. The molecule has 4 nitrogen and oxygen atoms in total. The average Bonchev–Trinajstić information content (AvgIpc) is 3.09. The highest BCUT2D eigenvalue weighted by Crippen LogP contribution is 2.43. The van der Waals surface area contributed by atoms with Crippen molar-refractivity contribution in [1.82, 2.24) is 4.90 Å². The van der Waals surface area contributed by atoms with Crippen molar-refractivity contribution in [2.75, 3.05) is 20.3 Å². The molecule has 2 aromatic rings. The molecule has 0 aliphatic carbocycles. The Labute approximate surface area is 154 Å². The van der Waals surface area contributed by atoms with Crippen molar-refractivity contribution in [2.24, 2.45) is 0 Å². The molecule has 4 rings (SSSR count). The molecule has 0 aromatic heterocycles. The summed E-state index contributed by atoms with van der Waals surface area (Å²) in [5.74, 6) is 1.97. The van der Waals surface area contributed by atoms with Gasteiger partial charge in [-0.2, -0.15) is 0 Å². The summed E-state index contributed by atoms with van der Waals surface area (Å²) < 4.78 is 11.6. The number of ether oxygens (including phenoxy) is 2. The van der Waals surface area contributed by atoms with E-state index in [1.807, 2.05) is 36.4 Å². The zero-order chi connectivity index (χ0) is 18.0. The van der Waals surface area contributed by atoms with Gasteiger partial charge in [-0.15, -0.1) is 0 Å². The maximum absolute atomic E-state index is 13.0. The summed E-state index contributed by atoms with van der Waals surface area (Å²) in [4.78, 5) is 15.1. The number of fused-ring (bicyclic) bond motifs is 1. The minimum absolute atomic E-state index is 0.227. The maximum atomic E-state index is 13.0. The van der Waals surface area contributed by atoms with Gasteiger partial charge in [-0.3, -0.25) is 4.79 Å². The molecule has 0 saturated carbocycles. The summed E-state index contributed by atoms with van der Waals surface area (Å²) in [6, 6.07) is 16.1. The van der Waals surface area contributed by atoms with Crippen LogP contribution in [0, 0.1) is 0 Å². The lowest BCUT2D eigenvalue weighted by Crippen LogP contribution is -2.54. The predicted molar refractivity (Wildman–Crippen MR) is 101 cm³/mol. The number of methoxy groups -OCH3 is 1. The third-order valence-electron chi connectivity index (χ3n) is 5.68. The molecule has 1 atom stereocenters. The Bertz CT molecular complexity index is 775. The van der Waals surface area contributed by atoms with Crippen LogP contribution in [0.4, 0.5) is 0 Å². The van der Waals surface area contributed by atoms with Gasteiger partial charge >= 0.3 is 0 Å². The number of likely N-dealkylation sites (tertiary alicyclic amines) is 1. The topological polar surface area (TPSA) is 38.8 Å². The fourth-order valence-corrected chi connectivity index (χ4v) is 4.33. The summed E-state index contributed by atoms with van der Waals surface area (Å²) in [6.07, 6.45) is 4.16. The molecular formula is C22H25NO3. The number of aryl methyl sites for hydroxylation is 1. The van der Waals surface area contributed by atoms with E-state index in [1.165, 1.54) is 5.56 Å². The van der Waals surface area contributed by atoms with Crippen molar-refractivity contribution in [3.63, 3.8) is 0 Å². The second-order valence-electron chi connectivity index (χ2n) is 7.26. The number of hydrogen-bond donors (Lipinski definition) is 0. The molecule has 1 spiro atoms. The van der Waals surface area contributed by atoms with E-state index in [9.17, 15) is 4.79 Å². The van der Waals surface area contributed by atoms with E-state index < -0.39 is 0 Å². The van der Waals surface area contributed by atoms with Gasteiger partial charge in [0.25, 0.3) is 0 Å². The Morgan fingerprint density at radius 3 is 2.85 bits per heavy atom. The van der Waals surface area contributed by atoms with Crippen LogP contribution in [0.15, 0.2) is 48.5 Å². The molecule has 0 N–H and O–H groups in total. The Morgan fingerprint density at radius 2 is 2.04 bits per heavy atom. The van der Waals surface area contributed by atoms with E-state index in [1.54, 1.807) is 7.11 Å². The van der Waals surface area contributed by atoms with Crippen molar-refractivity contribution >= 4 is 5.91 Å². The molecular weight excluding hydrogens is 326 g/mol. The fraction of sp³-hybridized carbons (Fsp3) is 0.409. The molecule has 1 amide bonds. The normalized spacial score (nSPS) is 21.3. The van der Waals surface area contributed by atoms with Gasteiger partial charge in [0.1, 0.15) is 18.1 Å². The van der Waals surface area contributed by atoms with Gasteiger partial charge in [0, 0.05) is 24.9 Å². The lowest BCUT2D eigenvalue weighted by Gasteiger charge is -2.42. The third-order valence-corrected chi connectivity index (χ3v) is 5.68. The third kappa shape index (κ3) is 3.05. The summed E-state index contributed by atoms with van der Waals surface area (Å²) in [6.45, 7) is 1.39. The Balaban J connectivity index is 1.52. The molecule has 1 saturated heterocycles. The zero-order valence-corrected chi connectivity index (χ0v) is 15.2. The average molecular weight is 351 g/mol. The maximum Gasteiger partial charge on any atom is 0.223 e. The van der Waals surface area contributed by atoms with Crippen molar-refractivity contribution in [1.29, 1.82) is 0 Å². The first-order chi connectivity index (χ1) is 12.7. The summed E-state index contributed by atoms with van der Waals surface area (Å²) in [5, 5.41) is 0. The number of amides is 1. The van der Waals surface area contributed by atoms with Crippen LogP contribution in [0.2, 0.25) is 0 Å². The summed E-state index contributed by atoms with van der Waals surface area (Å²) >= 11 is 0. The van der Waals surface area contributed by atoms with Crippen LogP contribution in [0.25, 0.3) is 0 Å². The molecule has 2 aliphatic heterocycles. The van der Waals surface area contributed by atoms with Crippen molar-refractivity contribution in [3.8, 4) is 11.5 Å². The number of rotatable bonds is 4. The van der Waals surface area contributed by atoms with Crippen molar-refractivity contribution in [3.05, 3.63) is 59.7 Å². The lowest BCUT2D eigenvalue weighted by atomic mass is 9.85. The van der Waals surface area contributed by atoms with Gasteiger partial charge in [-0.1, -0.05) is 36.4 Å². The van der Waals surface area contributed by atoms with Crippen LogP contribution < -0.4 is 9.47 Å².